The molecule has 3 aliphatic heterocycles. The first-order valence-corrected chi connectivity index (χ1v) is 31.4. The largest absolute Gasteiger partial charge is 0.394 e. The van der Waals surface area contributed by atoms with Crippen LogP contribution in [0.15, 0.2) is 12.2 Å². The lowest BCUT2D eigenvalue weighted by molar-refractivity contribution is -0.379. The van der Waals surface area contributed by atoms with Crippen LogP contribution in [0.1, 0.15) is 232 Å². The highest BCUT2D eigenvalue weighted by Crippen LogP contribution is 2.33. The number of carbonyl (C=O) groups excluding carboxylic acids is 1. The van der Waals surface area contributed by atoms with Crippen LogP contribution in [0, 0.1) is 0 Å². The number of allylic oxidation sites excluding steroid dienone is 1. The van der Waals surface area contributed by atoms with Gasteiger partial charge in [0.1, 0.15) is 73.2 Å². The van der Waals surface area contributed by atoms with Crippen molar-refractivity contribution < 1.29 is 89.4 Å². The molecule has 0 aromatic rings. The summed E-state index contributed by atoms with van der Waals surface area (Å²) in [5, 5.41) is 120. The smallest absolute Gasteiger partial charge is 0.220 e. The van der Waals surface area contributed by atoms with Crippen LogP contribution in [0.4, 0.5) is 0 Å². The van der Waals surface area contributed by atoms with Gasteiger partial charge in [0.2, 0.25) is 5.91 Å². The molecule has 0 bridgehead atoms. The Labute approximate surface area is 474 Å². The highest BCUT2D eigenvalue weighted by Gasteiger charge is 2.53. The Balaban J connectivity index is 1.47. The molecule has 19 nitrogen and oxygen atoms in total. The van der Waals surface area contributed by atoms with Crippen LogP contribution in [-0.4, -0.2) is 193 Å². The van der Waals surface area contributed by atoms with E-state index in [1.54, 1.807) is 6.08 Å². The van der Waals surface area contributed by atoms with Crippen molar-refractivity contribution in [1.82, 2.24) is 5.32 Å². The molecule has 3 heterocycles. The summed E-state index contributed by atoms with van der Waals surface area (Å²) < 4.78 is 34.3. The second kappa shape index (κ2) is 44.1. The van der Waals surface area contributed by atoms with Crippen molar-refractivity contribution in [1.29, 1.82) is 0 Å². The zero-order valence-corrected chi connectivity index (χ0v) is 48.6. The maximum atomic E-state index is 13.3. The van der Waals surface area contributed by atoms with Crippen LogP contribution < -0.4 is 5.32 Å². The Morgan fingerprint density at radius 3 is 1.19 bits per heavy atom. The first-order valence-electron chi connectivity index (χ1n) is 31.4. The lowest BCUT2D eigenvalue weighted by Gasteiger charge is -2.48. The maximum Gasteiger partial charge on any atom is 0.220 e. The Hall–Kier alpha value is -1.47. The highest BCUT2D eigenvalue weighted by molar-refractivity contribution is 5.76. The van der Waals surface area contributed by atoms with Crippen LogP contribution in [0.3, 0.4) is 0 Å². The molecular formula is C60H113NO18. The molecule has 0 aromatic carbocycles. The first kappa shape index (κ1) is 71.8. The lowest BCUT2D eigenvalue weighted by Crippen LogP contribution is -2.66. The molecular weight excluding hydrogens is 1020 g/mol. The highest BCUT2D eigenvalue weighted by atomic mass is 16.8. The quantitative estimate of drug-likeness (QED) is 0.0240. The van der Waals surface area contributed by atoms with E-state index in [2.05, 4.69) is 19.2 Å². The van der Waals surface area contributed by atoms with Gasteiger partial charge in [-0.2, -0.15) is 0 Å². The van der Waals surface area contributed by atoms with Crippen molar-refractivity contribution in [3.63, 3.8) is 0 Å². The summed E-state index contributed by atoms with van der Waals surface area (Å²) in [7, 11) is 0. The zero-order chi connectivity index (χ0) is 57.6. The molecule has 3 saturated heterocycles. The van der Waals surface area contributed by atoms with Gasteiger partial charge in [-0.1, -0.05) is 219 Å². The molecule has 12 N–H and O–H groups in total. The number of carbonyl (C=O) groups is 1. The third kappa shape index (κ3) is 27.9. The summed E-state index contributed by atoms with van der Waals surface area (Å²) >= 11 is 0. The van der Waals surface area contributed by atoms with Crippen molar-refractivity contribution in [2.45, 2.75) is 336 Å². The monoisotopic (exact) mass is 1140 g/mol. The van der Waals surface area contributed by atoms with Gasteiger partial charge < -0.3 is 89.9 Å². The summed E-state index contributed by atoms with van der Waals surface area (Å²) in [6.45, 7) is 1.74. The minimum Gasteiger partial charge on any atom is -0.394 e. The van der Waals surface area contributed by atoms with E-state index in [9.17, 15) is 61.0 Å². The van der Waals surface area contributed by atoms with Gasteiger partial charge in [0.15, 0.2) is 18.9 Å². The van der Waals surface area contributed by atoms with E-state index in [-0.39, 0.29) is 18.9 Å². The number of aliphatic hydroxyl groups is 11. The van der Waals surface area contributed by atoms with Crippen LogP contribution >= 0.6 is 0 Å². The Bertz CT molecular complexity index is 1500. The molecule has 3 fully saturated rings. The molecule has 466 valence electrons. The van der Waals surface area contributed by atoms with Crippen LogP contribution in [0.2, 0.25) is 0 Å². The second-order valence-corrected chi connectivity index (χ2v) is 22.9. The van der Waals surface area contributed by atoms with Gasteiger partial charge in [-0.25, -0.2) is 0 Å². The molecule has 3 rings (SSSR count). The van der Waals surface area contributed by atoms with E-state index in [1.807, 2.05) is 6.08 Å². The fraction of sp³-hybridized carbons (Fsp3) is 0.950. The number of unbranched alkanes of at least 4 members (excludes halogenated alkanes) is 31. The normalized spacial score (nSPS) is 30.3. The number of hydrogen-bond acceptors (Lipinski definition) is 18. The van der Waals surface area contributed by atoms with Crippen LogP contribution in [0.25, 0.3) is 0 Å². The number of hydrogen-bond donors (Lipinski definition) is 12. The Morgan fingerprint density at radius 2 is 0.785 bits per heavy atom. The summed E-state index contributed by atoms with van der Waals surface area (Å²) in [6, 6.07) is -0.966. The molecule has 17 atom stereocenters. The molecule has 3 aliphatic rings. The fourth-order valence-corrected chi connectivity index (χ4v) is 10.9. The second-order valence-electron chi connectivity index (χ2n) is 22.9. The average molecular weight is 1140 g/mol. The fourth-order valence-electron chi connectivity index (χ4n) is 10.9. The molecule has 19 heteroatoms. The van der Waals surface area contributed by atoms with Gasteiger partial charge in [-0.3, -0.25) is 4.79 Å². The predicted molar refractivity (Wildman–Crippen MR) is 300 cm³/mol. The van der Waals surface area contributed by atoms with Gasteiger partial charge in [0.05, 0.1) is 38.6 Å². The molecule has 0 spiro atoms. The summed E-state index contributed by atoms with van der Waals surface area (Å²) in [6.07, 6.45) is 17.7. The van der Waals surface area contributed by atoms with E-state index in [1.165, 1.54) is 161 Å². The standard InChI is InChI=1S/C60H113NO18/c1-3-5-7-9-11-13-15-17-18-19-20-21-22-23-24-26-28-30-32-34-36-38-48(66)61-43(44(65)37-35-33-31-29-27-25-16-14-12-10-8-6-4-2)42-74-58-54(72)51(69)56(46(40-63)76-58)79-60-55(73)52(70)57(47(41-64)77-60)78-59-53(71)50(68)49(67)45(39-62)75-59/h35,37,43-47,49-60,62-65,67-73H,3-34,36,38-42H2,1-2H3,(H,61,66)/t43-,44+,45+,46+,47+,49-,50-,51+,52+,53+,54+,55+,56+,57-,58+,59+,60-/m0/s1. The zero-order valence-electron chi connectivity index (χ0n) is 48.6. The minimum atomic E-state index is -1.97. The molecule has 1 amide bonds. The number of rotatable bonds is 47. The van der Waals surface area contributed by atoms with Crippen LogP contribution in [0.5, 0.6) is 0 Å². The van der Waals surface area contributed by atoms with E-state index < -0.39 is 124 Å². The summed E-state index contributed by atoms with van der Waals surface area (Å²) in [5.41, 5.74) is 0. The first-order chi connectivity index (χ1) is 38.3. The number of ether oxygens (including phenoxy) is 6. The summed E-state index contributed by atoms with van der Waals surface area (Å²) in [4.78, 5) is 13.3. The molecule has 0 saturated carbocycles. The van der Waals surface area contributed by atoms with Crippen molar-refractivity contribution in [2.75, 3.05) is 26.4 Å². The van der Waals surface area contributed by atoms with E-state index in [0.717, 1.165) is 44.9 Å². The van der Waals surface area contributed by atoms with Crippen molar-refractivity contribution in [3.05, 3.63) is 12.2 Å². The van der Waals surface area contributed by atoms with Crippen molar-refractivity contribution in [2.24, 2.45) is 0 Å². The average Bonchev–Trinajstić information content (AvgIpc) is 3.56. The van der Waals surface area contributed by atoms with Crippen LogP contribution in [-0.2, 0) is 33.2 Å². The van der Waals surface area contributed by atoms with Gasteiger partial charge in [0, 0.05) is 6.42 Å². The van der Waals surface area contributed by atoms with Gasteiger partial charge in [0.25, 0.3) is 0 Å². The number of amides is 1. The minimum absolute atomic E-state index is 0.249. The third-order valence-corrected chi connectivity index (χ3v) is 16.1. The van der Waals surface area contributed by atoms with Crippen molar-refractivity contribution in [3.8, 4) is 0 Å². The van der Waals surface area contributed by atoms with Gasteiger partial charge >= 0.3 is 0 Å². The van der Waals surface area contributed by atoms with Gasteiger partial charge in [-0.15, -0.1) is 0 Å². The van der Waals surface area contributed by atoms with E-state index >= 15 is 0 Å². The molecule has 79 heavy (non-hydrogen) atoms. The van der Waals surface area contributed by atoms with Crippen molar-refractivity contribution >= 4 is 5.91 Å². The van der Waals surface area contributed by atoms with E-state index in [4.69, 9.17) is 28.4 Å². The SMILES string of the molecule is CCCCCCCCCCCCCC=C[C@@H](O)[C@H](CO[C@@H]1O[C@H](CO)[C@@H](O[C@@H]2O[C@H](CO)[C@H](O[C@H]3O[C@H](CO)[C@H](O)[C@H](O)[C@H]3O)[C@H](O)[C@H]2O)[C@H](O)[C@H]1O)NC(=O)CCCCCCCCCCCCCCCCCCCCCCC. The molecule has 0 unspecified atom stereocenters. The summed E-state index contributed by atoms with van der Waals surface area (Å²) in [5.74, 6) is -0.272. The number of nitrogens with one attached hydrogen (secondary N) is 1. The Morgan fingerprint density at radius 1 is 0.443 bits per heavy atom. The topological polar surface area (TPSA) is 307 Å². The van der Waals surface area contributed by atoms with Gasteiger partial charge in [-0.05, 0) is 19.3 Å². The maximum absolute atomic E-state index is 13.3. The Kier molecular flexibility index (Phi) is 40.1. The predicted octanol–water partition coefficient (Wildman–Crippen LogP) is 6.16. The third-order valence-electron chi connectivity index (χ3n) is 16.1. The van der Waals surface area contributed by atoms with E-state index in [0.29, 0.717) is 6.42 Å². The molecule has 0 aliphatic carbocycles. The molecule has 0 radical (unpaired) electrons. The lowest BCUT2D eigenvalue weighted by atomic mass is 9.96. The molecule has 0 aromatic heterocycles. The number of aliphatic hydroxyl groups excluding tert-OH is 11.